The van der Waals surface area contributed by atoms with E-state index in [1.165, 1.54) is 12.1 Å². The van der Waals surface area contributed by atoms with Crippen LogP contribution in [0.3, 0.4) is 0 Å². The lowest BCUT2D eigenvalue weighted by Crippen LogP contribution is -2.42. The van der Waals surface area contributed by atoms with E-state index in [1.807, 2.05) is 48.5 Å². The highest BCUT2D eigenvalue weighted by Crippen LogP contribution is 2.38. The summed E-state index contributed by atoms with van der Waals surface area (Å²) in [6.07, 6.45) is 4.68. The molecule has 4 aromatic carbocycles. The lowest BCUT2D eigenvalue weighted by molar-refractivity contribution is 0.0633. The minimum Gasteiger partial charge on any atom is -0.449 e. The van der Waals surface area contributed by atoms with Crippen LogP contribution in [0.5, 0.6) is 0 Å². The number of likely N-dealkylation sites (tertiary alicyclic amines) is 2. The molecule has 8 rings (SSSR count). The number of ether oxygens (including phenoxy) is 2. The first-order chi connectivity index (χ1) is 28.0. The van der Waals surface area contributed by atoms with Crippen molar-refractivity contribution in [1.29, 1.82) is 0 Å². The third-order valence-electron chi connectivity index (χ3n) is 12.1. The lowest BCUT2D eigenvalue weighted by Gasteiger charge is -2.37. The van der Waals surface area contributed by atoms with Crippen LogP contribution in [0.1, 0.15) is 71.1 Å². The van der Waals surface area contributed by atoms with Crippen LogP contribution in [-0.2, 0) is 22.3 Å². The average molecular weight is 801 g/mol. The van der Waals surface area contributed by atoms with Crippen molar-refractivity contribution in [3.8, 4) is 0 Å². The molecule has 308 valence electrons. The molecule has 0 spiro atoms. The van der Waals surface area contributed by atoms with Crippen LogP contribution < -0.4 is 0 Å². The van der Waals surface area contributed by atoms with Gasteiger partial charge < -0.3 is 19.3 Å². The Balaban J connectivity index is 0.000000177. The first-order valence-corrected chi connectivity index (χ1v) is 20.3. The fourth-order valence-corrected chi connectivity index (χ4v) is 8.61. The van der Waals surface area contributed by atoms with E-state index < -0.39 is 47.5 Å². The average Bonchev–Trinajstić information content (AvgIpc) is 3.24. The summed E-state index contributed by atoms with van der Waals surface area (Å²) in [4.78, 5) is 33.8. The molecule has 0 N–H and O–H groups in total. The zero-order valence-corrected chi connectivity index (χ0v) is 33.2. The zero-order valence-electron chi connectivity index (χ0n) is 33.2. The highest BCUT2D eigenvalue weighted by atomic mass is 19.2. The molecule has 4 aromatic rings. The van der Waals surface area contributed by atoms with E-state index in [2.05, 4.69) is 23.9 Å². The molecule has 4 heterocycles. The van der Waals surface area contributed by atoms with E-state index in [9.17, 15) is 27.2 Å². The summed E-state index contributed by atoms with van der Waals surface area (Å²) in [5, 5.41) is 0. The highest BCUT2D eigenvalue weighted by molar-refractivity contribution is 5.71. The van der Waals surface area contributed by atoms with Gasteiger partial charge in [-0.3, -0.25) is 9.80 Å². The van der Waals surface area contributed by atoms with Gasteiger partial charge >= 0.3 is 12.2 Å². The SMILES string of the molecule is CN1CCC(COC(=O)N2CCc3ccccc3[C@@H]2c2ccc(F)c(F)c2)CC1.CN1CCC(COC(=O)N2CCc3ccccc3[C@H]2c2ccc(F)c(F)c2)CC1. The van der Waals surface area contributed by atoms with Crippen molar-refractivity contribution in [3.63, 3.8) is 0 Å². The van der Waals surface area contributed by atoms with E-state index in [0.717, 1.165) is 86.2 Å². The molecule has 0 aromatic heterocycles. The molecule has 0 unspecified atom stereocenters. The predicted octanol–water partition coefficient (Wildman–Crippen LogP) is 8.78. The predicted molar refractivity (Wildman–Crippen MR) is 213 cm³/mol. The normalized spacial score (nSPS) is 20.4. The van der Waals surface area contributed by atoms with Crippen molar-refractivity contribution in [2.75, 3.05) is 66.6 Å². The van der Waals surface area contributed by atoms with Gasteiger partial charge in [-0.25, -0.2) is 27.2 Å². The second-order valence-corrected chi connectivity index (χ2v) is 16.1. The number of carbonyl (C=O) groups excluding carboxylic acids is 2. The fourth-order valence-electron chi connectivity index (χ4n) is 8.61. The number of amides is 2. The van der Waals surface area contributed by atoms with Crippen molar-refractivity contribution < 1.29 is 36.6 Å². The lowest BCUT2D eigenvalue weighted by atomic mass is 9.88. The summed E-state index contributed by atoms with van der Waals surface area (Å²) in [7, 11) is 4.19. The van der Waals surface area contributed by atoms with Gasteiger partial charge in [-0.2, -0.15) is 0 Å². The van der Waals surface area contributed by atoms with Gasteiger partial charge in [0.15, 0.2) is 23.3 Å². The largest absolute Gasteiger partial charge is 0.449 e. The topological polar surface area (TPSA) is 65.6 Å². The van der Waals surface area contributed by atoms with Crippen molar-refractivity contribution in [2.45, 2.75) is 50.6 Å². The minimum atomic E-state index is -0.912. The molecule has 0 aliphatic carbocycles. The van der Waals surface area contributed by atoms with E-state index in [-0.39, 0.29) is 0 Å². The molecular weight excluding hydrogens is 749 g/mol. The first-order valence-electron chi connectivity index (χ1n) is 20.3. The fraction of sp³-hybridized carbons (Fsp3) is 0.435. The number of hydrogen-bond acceptors (Lipinski definition) is 6. The van der Waals surface area contributed by atoms with Crippen LogP contribution in [0.2, 0.25) is 0 Å². The van der Waals surface area contributed by atoms with Crippen molar-refractivity contribution >= 4 is 12.2 Å². The maximum absolute atomic E-state index is 13.9. The zero-order chi connectivity index (χ0) is 40.8. The van der Waals surface area contributed by atoms with Gasteiger partial charge in [-0.1, -0.05) is 60.7 Å². The maximum Gasteiger partial charge on any atom is 0.410 e. The van der Waals surface area contributed by atoms with E-state index in [1.54, 1.807) is 21.9 Å². The summed E-state index contributed by atoms with van der Waals surface area (Å²) in [6.45, 7) is 5.80. The first kappa shape index (κ1) is 41.2. The van der Waals surface area contributed by atoms with Gasteiger partial charge in [0, 0.05) is 13.1 Å². The molecular formula is C46H52F4N4O4. The molecule has 2 amide bonds. The molecule has 2 fully saturated rings. The molecule has 4 aliphatic heterocycles. The Labute approximate surface area is 338 Å². The number of rotatable bonds is 6. The number of fused-ring (bicyclic) bond motifs is 2. The summed E-state index contributed by atoms with van der Waals surface area (Å²) in [6, 6.07) is 22.3. The number of hydrogen-bond donors (Lipinski definition) is 0. The Morgan fingerprint density at radius 2 is 0.914 bits per heavy atom. The molecule has 4 aliphatic rings. The third kappa shape index (κ3) is 9.67. The molecule has 0 radical (unpaired) electrons. The van der Waals surface area contributed by atoms with Crippen LogP contribution in [0.15, 0.2) is 84.9 Å². The molecule has 2 saturated heterocycles. The minimum absolute atomic E-state index is 0.369. The molecule has 2 atom stereocenters. The van der Waals surface area contributed by atoms with Crippen LogP contribution in [0.4, 0.5) is 27.2 Å². The van der Waals surface area contributed by atoms with Crippen LogP contribution in [0, 0.1) is 35.1 Å². The second kappa shape index (κ2) is 18.8. The van der Waals surface area contributed by atoms with Gasteiger partial charge in [-0.05, 0) is 148 Å². The number of nitrogens with zero attached hydrogens (tertiary/aromatic N) is 4. The smallest absolute Gasteiger partial charge is 0.410 e. The maximum atomic E-state index is 13.9. The standard InChI is InChI=1S/2C23H26F2N2O2/c2*1-26-11-8-16(9-12-26)15-29-23(28)27-13-10-17-4-2-3-5-19(17)22(27)18-6-7-20(24)21(25)14-18/h2*2-7,14,16,22H,8-13,15H2,1H3/t2*22-/m10/s1. The molecule has 8 nitrogen and oxygen atoms in total. The van der Waals surface area contributed by atoms with E-state index >= 15 is 0 Å². The Hall–Kier alpha value is -4.94. The van der Waals surface area contributed by atoms with Gasteiger partial charge in [0.05, 0.1) is 25.3 Å². The van der Waals surface area contributed by atoms with E-state index in [0.29, 0.717) is 62.1 Å². The Bertz CT molecular complexity index is 1910. The number of carbonyl (C=O) groups is 2. The van der Waals surface area contributed by atoms with Gasteiger partial charge in [-0.15, -0.1) is 0 Å². The quantitative estimate of drug-likeness (QED) is 0.182. The number of piperidine rings is 2. The van der Waals surface area contributed by atoms with Crippen LogP contribution in [-0.4, -0.2) is 98.4 Å². The van der Waals surface area contributed by atoms with Crippen LogP contribution in [0.25, 0.3) is 0 Å². The summed E-state index contributed by atoms with van der Waals surface area (Å²) in [5.74, 6) is -2.87. The highest BCUT2D eigenvalue weighted by Gasteiger charge is 2.35. The molecule has 12 heteroatoms. The van der Waals surface area contributed by atoms with Crippen molar-refractivity contribution in [2.24, 2.45) is 11.8 Å². The number of benzene rings is 4. The summed E-state index contributed by atoms with van der Waals surface area (Å²) >= 11 is 0. The monoisotopic (exact) mass is 800 g/mol. The number of halogens is 4. The Morgan fingerprint density at radius 1 is 0.534 bits per heavy atom. The van der Waals surface area contributed by atoms with Gasteiger partial charge in [0.2, 0.25) is 0 Å². The van der Waals surface area contributed by atoms with Crippen molar-refractivity contribution in [1.82, 2.24) is 19.6 Å². The van der Waals surface area contributed by atoms with Gasteiger partial charge in [0.1, 0.15) is 0 Å². The van der Waals surface area contributed by atoms with Gasteiger partial charge in [0.25, 0.3) is 0 Å². The van der Waals surface area contributed by atoms with Crippen LogP contribution >= 0.6 is 0 Å². The summed E-state index contributed by atoms with van der Waals surface area (Å²) < 4.78 is 66.2. The summed E-state index contributed by atoms with van der Waals surface area (Å²) in [5.41, 5.74) is 5.18. The molecule has 58 heavy (non-hydrogen) atoms. The Morgan fingerprint density at radius 3 is 1.29 bits per heavy atom. The third-order valence-corrected chi connectivity index (χ3v) is 12.1. The van der Waals surface area contributed by atoms with E-state index in [4.69, 9.17) is 9.47 Å². The second-order valence-electron chi connectivity index (χ2n) is 16.1. The Kier molecular flexibility index (Phi) is 13.3. The van der Waals surface area contributed by atoms with Crippen molar-refractivity contribution in [3.05, 3.63) is 142 Å². The molecule has 0 saturated carbocycles. The molecule has 0 bridgehead atoms.